The first-order valence-electron chi connectivity index (χ1n) is 10.3. The molecule has 2 aliphatic rings. The van der Waals surface area contributed by atoms with Gasteiger partial charge in [0.25, 0.3) is 5.91 Å². The summed E-state index contributed by atoms with van der Waals surface area (Å²) in [5, 5.41) is 0. The van der Waals surface area contributed by atoms with Crippen LogP contribution in [0.25, 0.3) is 0 Å². The molecule has 0 unspecified atom stereocenters. The molecule has 0 atom stereocenters. The van der Waals surface area contributed by atoms with Gasteiger partial charge in [0.15, 0.2) is 0 Å². The van der Waals surface area contributed by atoms with E-state index in [9.17, 15) is 9.59 Å². The summed E-state index contributed by atoms with van der Waals surface area (Å²) in [6, 6.07) is 16.8. The Morgan fingerprint density at radius 1 is 0.724 bits per heavy atom. The molecule has 6 heteroatoms. The van der Waals surface area contributed by atoms with Crippen LogP contribution in [0.4, 0.5) is 0 Å². The smallest absolute Gasteiger partial charge is 0.253 e. The van der Waals surface area contributed by atoms with Crippen LogP contribution in [0.15, 0.2) is 54.6 Å². The summed E-state index contributed by atoms with van der Waals surface area (Å²) in [4.78, 5) is 31.1. The molecule has 2 aromatic carbocycles. The summed E-state index contributed by atoms with van der Waals surface area (Å²) >= 11 is 0. The van der Waals surface area contributed by atoms with Gasteiger partial charge in [-0.1, -0.05) is 18.2 Å². The highest BCUT2D eigenvalue weighted by atomic mass is 16.5. The molecule has 0 spiro atoms. The molecule has 152 valence electrons. The summed E-state index contributed by atoms with van der Waals surface area (Å²) < 4.78 is 5.78. The molecule has 0 radical (unpaired) electrons. The van der Waals surface area contributed by atoms with Crippen LogP contribution in [0.2, 0.25) is 0 Å². The number of piperazine rings is 1. The highest BCUT2D eigenvalue weighted by Gasteiger charge is 2.25. The van der Waals surface area contributed by atoms with E-state index in [1.807, 2.05) is 64.4 Å². The number of benzene rings is 2. The van der Waals surface area contributed by atoms with Gasteiger partial charge < -0.3 is 14.5 Å². The van der Waals surface area contributed by atoms with E-state index < -0.39 is 0 Å². The Labute approximate surface area is 171 Å². The van der Waals surface area contributed by atoms with E-state index in [4.69, 9.17) is 4.74 Å². The number of carbonyl (C=O) groups excluding carboxylic acids is 2. The van der Waals surface area contributed by atoms with E-state index in [-0.39, 0.29) is 11.8 Å². The minimum Gasteiger partial charge on any atom is -0.457 e. The van der Waals surface area contributed by atoms with Crippen molar-refractivity contribution in [3.05, 3.63) is 60.2 Å². The molecular formula is C23H27N3O3. The predicted octanol–water partition coefficient (Wildman–Crippen LogP) is 2.86. The first-order chi connectivity index (χ1) is 14.2. The lowest BCUT2D eigenvalue weighted by Crippen LogP contribution is -2.51. The fourth-order valence-corrected chi connectivity index (χ4v) is 3.84. The Kier molecular flexibility index (Phi) is 6.10. The predicted molar refractivity (Wildman–Crippen MR) is 111 cm³/mol. The second-order valence-electron chi connectivity index (χ2n) is 7.60. The van der Waals surface area contributed by atoms with Crippen molar-refractivity contribution in [1.29, 1.82) is 0 Å². The van der Waals surface area contributed by atoms with Crippen LogP contribution in [0.1, 0.15) is 23.2 Å². The van der Waals surface area contributed by atoms with Crippen molar-refractivity contribution >= 4 is 11.8 Å². The van der Waals surface area contributed by atoms with E-state index in [0.29, 0.717) is 30.9 Å². The maximum Gasteiger partial charge on any atom is 0.253 e. The Morgan fingerprint density at radius 3 is 2.00 bits per heavy atom. The second kappa shape index (κ2) is 9.09. The maximum absolute atomic E-state index is 12.8. The van der Waals surface area contributed by atoms with Crippen LogP contribution in [-0.4, -0.2) is 72.3 Å². The van der Waals surface area contributed by atoms with E-state index in [0.717, 1.165) is 44.8 Å². The fourth-order valence-electron chi connectivity index (χ4n) is 3.84. The molecule has 4 rings (SSSR count). The largest absolute Gasteiger partial charge is 0.457 e. The Morgan fingerprint density at radius 2 is 1.34 bits per heavy atom. The Balaban J connectivity index is 1.27. The van der Waals surface area contributed by atoms with Gasteiger partial charge in [-0.15, -0.1) is 0 Å². The average Bonchev–Trinajstić information content (AvgIpc) is 3.30. The topological polar surface area (TPSA) is 53.1 Å². The number of para-hydroxylation sites is 1. The summed E-state index contributed by atoms with van der Waals surface area (Å²) in [6.45, 7) is 5.01. The van der Waals surface area contributed by atoms with E-state index in [1.54, 1.807) is 0 Å². The van der Waals surface area contributed by atoms with Gasteiger partial charge in [-0.2, -0.15) is 0 Å². The van der Waals surface area contributed by atoms with Gasteiger partial charge in [0.05, 0.1) is 6.54 Å². The SMILES string of the molecule is O=C(CN1CCN(C(=O)c2ccc(Oc3ccccc3)cc2)CC1)N1CCCC1. The van der Waals surface area contributed by atoms with Crippen molar-refractivity contribution in [2.75, 3.05) is 45.8 Å². The van der Waals surface area contributed by atoms with Crippen molar-refractivity contribution < 1.29 is 14.3 Å². The molecule has 2 aromatic rings. The van der Waals surface area contributed by atoms with Crippen LogP contribution in [-0.2, 0) is 4.79 Å². The zero-order valence-corrected chi connectivity index (χ0v) is 16.6. The highest BCUT2D eigenvalue weighted by molar-refractivity contribution is 5.94. The summed E-state index contributed by atoms with van der Waals surface area (Å²) in [7, 11) is 0. The van der Waals surface area contributed by atoms with E-state index in [2.05, 4.69) is 4.90 Å². The Bertz CT molecular complexity index is 824. The number of hydrogen-bond donors (Lipinski definition) is 0. The molecule has 6 nitrogen and oxygen atoms in total. The molecule has 2 amide bonds. The van der Waals surface area contributed by atoms with Gasteiger partial charge in [0, 0.05) is 44.8 Å². The van der Waals surface area contributed by atoms with Crippen molar-refractivity contribution in [3.8, 4) is 11.5 Å². The molecular weight excluding hydrogens is 366 g/mol. The first kappa shape index (κ1) is 19.5. The zero-order chi connectivity index (χ0) is 20.1. The van der Waals surface area contributed by atoms with Crippen LogP contribution in [0, 0.1) is 0 Å². The quantitative estimate of drug-likeness (QED) is 0.784. The normalized spacial score (nSPS) is 17.4. The van der Waals surface area contributed by atoms with Crippen molar-refractivity contribution in [3.63, 3.8) is 0 Å². The minimum atomic E-state index is 0.0294. The summed E-state index contributed by atoms with van der Waals surface area (Å²) in [5.74, 6) is 1.72. The lowest BCUT2D eigenvalue weighted by Gasteiger charge is -2.35. The molecule has 0 N–H and O–H groups in total. The fraction of sp³-hybridized carbons (Fsp3) is 0.391. The molecule has 0 aliphatic carbocycles. The van der Waals surface area contributed by atoms with Crippen molar-refractivity contribution in [2.24, 2.45) is 0 Å². The zero-order valence-electron chi connectivity index (χ0n) is 16.6. The number of amides is 2. The maximum atomic E-state index is 12.8. The lowest BCUT2D eigenvalue weighted by molar-refractivity contribution is -0.131. The standard InChI is InChI=1S/C23H27N3O3/c27-22(25-12-4-5-13-25)18-24-14-16-26(17-15-24)23(28)19-8-10-21(11-9-19)29-20-6-2-1-3-7-20/h1-3,6-11H,4-5,12-18H2. The number of carbonyl (C=O) groups is 2. The number of hydrogen-bond acceptors (Lipinski definition) is 4. The molecule has 2 aliphatic heterocycles. The number of ether oxygens (including phenoxy) is 1. The molecule has 2 fully saturated rings. The van der Waals surface area contributed by atoms with Crippen molar-refractivity contribution in [1.82, 2.24) is 14.7 Å². The first-order valence-corrected chi connectivity index (χ1v) is 10.3. The molecule has 29 heavy (non-hydrogen) atoms. The van der Waals surface area contributed by atoms with Crippen LogP contribution in [0.3, 0.4) is 0 Å². The average molecular weight is 393 g/mol. The summed E-state index contributed by atoms with van der Waals surface area (Å²) in [5.41, 5.74) is 0.659. The van der Waals surface area contributed by atoms with Crippen LogP contribution in [0.5, 0.6) is 11.5 Å². The van der Waals surface area contributed by atoms with Crippen molar-refractivity contribution in [2.45, 2.75) is 12.8 Å². The Hall–Kier alpha value is -2.86. The third kappa shape index (κ3) is 4.95. The van der Waals surface area contributed by atoms with Crippen LogP contribution < -0.4 is 4.74 Å². The minimum absolute atomic E-state index is 0.0294. The number of likely N-dealkylation sites (tertiary alicyclic amines) is 1. The van der Waals surface area contributed by atoms with Gasteiger partial charge in [0.2, 0.25) is 5.91 Å². The molecule has 2 heterocycles. The lowest BCUT2D eigenvalue weighted by atomic mass is 10.1. The van der Waals surface area contributed by atoms with Gasteiger partial charge in [-0.05, 0) is 49.2 Å². The van der Waals surface area contributed by atoms with Gasteiger partial charge in [0.1, 0.15) is 11.5 Å². The molecule has 0 saturated carbocycles. The van der Waals surface area contributed by atoms with Gasteiger partial charge >= 0.3 is 0 Å². The molecule has 0 bridgehead atoms. The number of nitrogens with zero attached hydrogens (tertiary/aromatic N) is 3. The van der Waals surface area contributed by atoms with Gasteiger partial charge in [-0.3, -0.25) is 14.5 Å². The summed E-state index contributed by atoms with van der Waals surface area (Å²) in [6.07, 6.45) is 2.23. The van der Waals surface area contributed by atoms with E-state index in [1.165, 1.54) is 0 Å². The van der Waals surface area contributed by atoms with Crippen LogP contribution >= 0.6 is 0 Å². The second-order valence-corrected chi connectivity index (χ2v) is 7.60. The molecule has 0 aromatic heterocycles. The number of rotatable bonds is 5. The van der Waals surface area contributed by atoms with Gasteiger partial charge in [-0.25, -0.2) is 0 Å². The third-order valence-electron chi connectivity index (χ3n) is 5.56. The monoisotopic (exact) mass is 393 g/mol. The highest BCUT2D eigenvalue weighted by Crippen LogP contribution is 2.22. The van der Waals surface area contributed by atoms with E-state index >= 15 is 0 Å². The third-order valence-corrected chi connectivity index (χ3v) is 5.56. The molecule has 2 saturated heterocycles.